The molecule has 1 aromatic rings. The number of unbranched alkanes of at least 4 members (excludes halogenated alkanes) is 6. The van der Waals surface area contributed by atoms with Crippen LogP contribution < -0.4 is 26.0 Å². The maximum Gasteiger partial charge on any atom is 0.335 e. The van der Waals surface area contributed by atoms with E-state index >= 15 is 0 Å². The lowest BCUT2D eigenvalue weighted by atomic mass is 10.1. The Morgan fingerprint density at radius 3 is 1.70 bits per heavy atom. The summed E-state index contributed by atoms with van der Waals surface area (Å²) in [6, 6.07) is 5.33. The van der Waals surface area contributed by atoms with Gasteiger partial charge in [-0.3, -0.25) is 24.0 Å². The number of rotatable bonds is 35. The fourth-order valence-electron chi connectivity index (χ4n) is 4.73. The lowest BCUT2D eigenvalue weighted by Crippen LogP contribution is -2.47. The topological polar surface area (TPSA) is 237 Å². The number of aliphatic carboxylic acids is 1. The summed E-state index contributed by atoms with van der Waals surface area (Å²) in [6.45, 7) is 4.71. The van der Waals surface area contributed by atoms with E-state index in [1.807, 2.05) is 6.92 Å². The molecule has 4 amide bonds. The SMILES string of the molecule is CCCNC(=O)COCCOCCNC(=O)COCCOCCNC(=O)[C@H](CCC(=O)O)NC(=O)CCCCCCCCCOc1ccc(C(=O)O)cc1. The zero-order chi connectivity index (χ0) is 39.7. The first-order valence-electron chi connectivity index (χ1n) is 18.7. The molecule has 0 aliphatic rings. The molecule has 306 valence electrons. The lowest BCUT2D eigenvalue weighted by molar-refractivity contribution is -0.138. The number of carboxylic acids is 2. The number of carbonyl (C=O) groups is 6. The molecule has 0 aliphatic carbocycles. The second kappa shape index (κ2) is 32.1. The molecule has 17 nitrogen and oxygen atoms in total. The Hall–Kier alpha value is -4.32. The highest BCUT2D eigenvalue weighted by Crippen LogP contribution is 2.14. The smallest absolute Gasteiger partial charge is 0.335 e. The first-order chi connectivity index (χ1) is 26.1. The van der Waals surface area contributed by atoms with Crippen LogP contribution in [0.4, 0.5) is 0 Å². The second-order valence-electron chi connectivity index (χ2n) is 12.3. The van der Waals surface area contributed by atoms with Crippen molar-refractivity contribution in [2.45, 2.75) is 83.6 Å². The van der Waals surface area contributed by atoms with Gasteiger partial charge in [-0.2, -0.15) is 0 Å². The lowest BCUT2D eigenvalue weighted by Gasteiger charge is -2.18. The Morgan fingerprint density at radius 2 is 1.13 bits per heavy atom. The molecular formula is C37H60N4O13. The summed E-state index contributed by atoms with van der Waals surface area (Å²) in [4.78, 5) is 70.4. The van der Waals surface area contributed by atoms with Gasteiger partial charge in [0.15, 0.2) is 0 Å². The van der Waals surface area contributed by atoms with E-state index in [0.717, 1.165) is 44.9 Å². The molecule has 54 heavy (non-hydrogen) atoms. The van der Waals surface area contributed by atoms with E-state index in [1.165, 1.54) is 12.1 Å². The highest BCUT2D eigenvalue weighted by molar-refractivity contribution is 5.88. The van der Waals surface area contributed by atoms with E-state index in [2.05, 4.69) is 21.3 Å². The average molecular weight is 769 g/mol. The maximum absolute atomic E-state index is 12.7. The van der Waals surface area contributed by atoms with Crippen molar-refractivity contribution >= 4 is 35.6 Å². The van der Waals surface area contributed by atoms with E-state index in [-0.39, 0.29) is 95.3 Å². The number of ether oxygens (including phenoxy) is 5. The largest absolute Gasteiger partial charge is 0.494 e. The first-order valence-corrected chi connectivity index (χ1v) is 18.7. The summed E-state index contributed by atoms with van der Waals surface area (Å²) < 4.78 is 26.9. The predicted octanol–water partition coefficient (Wildman–Crippen LogP) is 2.06. The molecule has 0 bridgehead atoms. The van der Waals surface area contributed by atoms with Crippen molar-refractivity contribution in [3.05, 3.63) is 29.8 Å². The van der Waals surface area contributed by atoms with Gasteiger partial charge < -0.3 is 55.2 Å². The highest BCUT2D eigenvalue weighted by Gasteiger charge is 2.21. The van der Waals surface area contributed by atoms with Crippen LogP contribution in [0.1, 0.15) is 87.9 Å². The number of benzene rings is 1. The van der Waals surface area contributed by atoms with Gasteiger partial charge in [0, 0.05) is 32.5 Å². The van der Waals surface area contributed by atoms with Crippen LogP contribution in [-0.4, -0.2) is 131 Å². The van der Waals surface area contributed by atoms with Gasteiger partial charge in [0.1, 0.15) is 25.0 Å². The van der Waals surface area contributed by atoms with Crippen molar-refractivity contribution < 1.29 is 62.7 Å². The quantitative estimate of drug-likeness (QED) is 0.0543. The Morgan fingerprint density at radius 1 is 0.593 bits per heavy atom. The Bertz CT molecular complexity index is 1220. The number of hydrogen-bond acceptors (Lipinski definition) is 11. The third kappa shape index (κ3) is 27.3. The number of nitrogens with one attached hydrogen (secondary N) is 4. The summed E-state index contributed by atoms with van der Waals surface area (Å²) in [5.41, 5.74) is 0.216. The van der Waals surface area contributed by atoms with Crippen LogP contribution in [0.15, 0.2) is 24.3 Å². The zero-order valence-electron chi connectivity index (χ0n) is 31.5. The van der Waals surface area contributed by atoms with E-state index in [4.69, 9.17) is 33.9 Å². The normalized spacial score (nSPS) is 11.4. The van der Waals surface area contributed by atoms with Crippen LogP contribution >= 0.6 is 0 Å². The third-order valence-electron chi connectivity index (χ3n) is 7.61. The van der Waals surface area contributed by atoms with Crippen molar-refractivity contribution in [2.24, 2.45) is 0 Å². The number of hydrogen-bond donors (Lipinski definition) is 6. The van der Waals surface area contributed by atoms with Crippen LogP contribution in [-0.2, 0) is 42.9 Å². The van der Waals surface area contributed by atoms with Crippen molar-refractivity contribution in [3.8, 4) is 5.75 Å². The van der Waals surface area contributed by atoms with E-state index < -0.39 is 23.9 Å². The van der Waals surface area contributed by atoms with Gasteiger partial charge in [-0.25, -0.2) is 4.79 Å². The fourth-order valence-corrected chi connectivity index (χ4v) is 4.73. The minimum atomic E-state index is -1.07. The van der Waals surface area contributed by atoms with Gasteiger partial charge in [0.05, 0.1) is 51.8 Å². The summed E-state index contributed by atoms with van der Waals surface area (Å²) >= 11 is 0. The van der Waals surface area contributed by atoms with Gasteiger partial charge in [-0.05, 0) is 49.9 Å². The van der Waals surface area contributed by atoms with Gasteiger partial charge in [0.25, 0.3) is 0 Å². The molecule has 0 heterocycles. The Balaban J connectivity index is 2.06. The Labute approximate surface area is 317 Å². The molecule has 6 N–H and O–H groups in total. The van der Waals surface area contributed by atoms with Crippen LogP contribution in [0.5, 0.6) is 5.75 Å². The molecule has 1 aromatic carbocycles. The van der Waals surface area contributed by atoms with E-state index in [9.17, 15) is 28.8 Å². The summed E-state index contributed by atoms with van der Waals surface area (Å²) in [5, 5.41) is 28.7. The second-order valence-corrected chi connectivity index (χ2v) is 12.3. The number of aromatic carboxylic acids is 1. The molecule has 0 aromatic heterocycles. The highest BCUT2D eigenvalue weighted by atomic mass is 16.5. The minimum Gasteiger partial charge on any atom is -0.494 e. The van der Waals surface area contributed by atoms with Crippen LogP contribution in [0.2, 0.25) is 0 Å². The first kappa shape index (κ1) is 47.7. The molecule has 0 fully saturated rings. The summed E-state index contributed by atoms with van der Waals surface area (Å²) in [7, 11) is 0. The van der Waals surface area contributed by atoms with Crippen LogP contribution in [0.3, 0.4) is 0 Å². The number of carbonyl (C=O) groups excluding carboxylic acids is 4. The minimum absolute atomic E-state index is 0.0210. The Kier molecular flexibility index (Phi) is 28.4. The molecule has 1 rings (SSSR count). The van der Waals surface area contributed by atoms with Crippen molar-refractivity contribution in [1.29, 1.82) is 0 Å². The van der Waals surface area contributed by atoms with Crippen molar-refractivity contribution in [3.63, 3.8) is 0 Å². The zero-order valence-corrected chi connectivity index (χ0v) is 31.5. The van der Waals surface area contributed by atoms with E-state index in [0.29, 0.717) is 38.5 Å². The van der Waals surface area contributed by atoms with Crippen molar-refractivity contribution in [2.75, 3.05) is 79.1 Å². The summed E-state index contributed by atoms with van der Waals surface area (Å²) in [6.07, 6.45) is 7.15. The molecular weight excluding hydrogens is 708 g/mol. The van der Waals surface area contributed by atoms with Gasteiger partial charge in [-0.15, -0.1) is 0 Å². The number of carboxylic acid groups (broad SMARTS) is 2. The third-order valence-corrected chi connectivity index (χ3v) is 7.61. The van der Waals surface area contributed by atoms with Crippen LogP contribution in [0.25, 0.3) is 0 Å². The molecule has 0 aliphatic heterocycles. The van der Waals surface area contributed by atoms with Gasteiger partial charge >= 0.3 is 11.9 Å². The van der Waals surface area contributed by atoms with Crippen LogP contribution in [0, 0.1) is 0 Å². The average Bonchev–Trinajstić information content (AvgIpc) is 3.15. The predicted molar refractivity (Wildman–Crippen MR) is 197 cm³/mol. The molecule has 0 radical (unpaired) electrons. The van der Waals surface area contributed by atoms with Crippen molar-refractivity contribution in [1.82, 2.24) is 21.3 Å². The standard InChI is InChI=1S/C37H60N4O13/c1-2-17-38-33(43)27-52-25-23-50-21-18-39-34(44)28-53-26-24-51-22-19-40-36(47)31(15-16-35(45)46)41-32(42)10-8-6-4-3-5-7-9-20-54-30-13-11-29(12-14-30)37(48)49/h11-14,31H,2-10,15-28H2,1H3,(H,38,43)(H,39,44)(H,40,47)(H,41,42)(H,45,46)(H,48,49)/t31-/m0/s1. The van der Waals surface area contributed by atoms with Gasteiger partial charge in [0.2, 0.25) is 23.6 Å². The molecule has 1 atom stereocenters. The molecule has 0 saturated carbocycles. The molecule has 0 spiro atoms. The molecule has 17 heteroatoms. The van der Waals surface area contributed by atoms with Gasteiger partial charge in [-0.1, -0.05) is 39.0 Å². The maximum atomic E-state index is 12.7. The fraction of sp³-hybridized carbons (Fsp3) is 0.676. The monoisotopic (exact) mass is 768 g/mol. The molecule has 0 saturated heterocycles. The number of amides is 4. The molecule has 0 unspecified atom stereocenters. The van der Waals surface area contributed by atoms with E-state index in [1.54, 1.807) is 12.1 Å². The summed E-state index contributed by atoms with van der Waals surface area (Å²) in [5.74, 6) is -2.70.